The van der Waals surface area contributed by atoms with Crippen molar-refractivity contribution in [2.75, 3.05) is 4.90 Å². The molecule has 4 rings (SSSR count). The molecule has 0 aliphatic rings. The number of furan rings is 1. The zero-order valence-electron chi connectivity index (χ0n) is 17.3. The third-order valence-corrected chi connectivity index (χ3v) is 5.08. The zero-order chi connectivity index (χ0) is 20.8. The Morgan fingerprint density at radius 2 is 1.34 bits per heavy atom. The van der Waals surface area contributed by atoms with E-state index in [4.69, 9.17) is 4.42 Å². The molecular formula is C26H26BrNO. The molecule has 0 N–H and O–H groups in total. The van der Waals surface area contributed by atoms with E-state index in [2.05, 4.69) is 87.6 Å². The summed E-state index contributed by atoms with van der Waals surface area (Å²) >= 11 is 3.70. The Bertz CT molecular complexity index is 1150. The van der Waals surface area contributed by atoms with E-state index in [1.165, 1.54) is 0 Å². The van der Waals surface area contributed by atoms with E-state index in [1.807, 2.05) is 45.9 Å². The topological polar surface area (TPSA) is 16.4 Å². The van der Waals surface area contributed by atoms with E-state index in [-0.39, 0.29) is 0 Å². The molecule has 0 saturated heterocycles. The van der Waals surface area contributed by atoms with Gasteiger partial charge in [0, 0.05) is 26.5 Å². The Balaban J connectivity index is 0.00000117. The Labute approximate surface area is 180 Å². The molecule has 29 heavy (non-hydrogen) atoms. The molecule has 0 atom stereocenters. The first-order chi connectivity index (χ1) is 14.2. The minimum Gasteiger partial charge on any atom is -0.454 e. The van der Waals surface area contributed by atoms with E-state index >= 15 is 0 Å². The van der Waals surface area contributed by atoms with Crippen LogP contribution in [-0.2, 0) is 0 Å². The molecule has 0 amide bonds. The van der Waals surface area contributed by atoms with Crippen LogP contribution in [0, 0.1) is 0 Å². The van der Waals surface area contributed by atoms with Crippen molar-refractivity contribution in [1.82, 2.24) is 0 Å². The van der Waals surface area contributed by atoms with Crippen molar-refractivity contribution < 1.29 is 4.42 Å². The minimum absolute atomic E-state index is 0.882. The van der Waals surface area contributed by atoms with E-state index in [0.29, 0.717) is 0 Å². The molecule has 0 saturated carbocycles. The van der Waals surface area contributed by atoms with Crippen molar-refractivity contribution in [3.05, 3.63) is 87.9 Å². The molecule has 2 nitrogen and oxygen atoms in total. The monoisotopic (exact) mass is 447 g/mol. The van der Waals surface area contributed by atoms with Crippen molar-refractivity contribution in [3.8, 4) is 0 Å². The van der Waals surface area contributed by atoms with Crippen LogP contribution in [0.3, 0.4) is 0 Å². The normalized spacial score (nSPS) is 12.0. The Hall–Kier alpha value is -2.78. The highest BCUT2D eigenvalue weighted by Gasteiger charge is 2.18. The van der Waals surface area contributed by atoms with Crippen LogP contribution >= 0.6 is 15.9 Å². The number of hydrogen-bond acceptors (Lipinski definition) is 2. The lowest BCUT2D eigenvalue weighted by Crippen LogP contribution is -2.18. The van der Waals surface area contributed by atoms with Crippen LogP contribution in [0.15, 0.2) is 81.7 Å². The van der Waals surface area contributed by atoms with Gasteiger partial charge < -0.3 is 9.32 Å². The fraction of sp³-hybridized carbons (Fsp3) is 0.154. The van der Waals surface area contributed by atoms with Crippen molar-refractivity contribution in [2.24, 2.45) is 0 Å². The highest BCUT2D eigenvalue weighted by Crippen LogP contribution is 2.39. The summed E-state index contributed by atoms with van der Waals surface area (Å²) in [6.45, 7) is 8.05. The van der Waals surface area contributed by atoms with Gasteiger partial charge >= 0.3 is 0 Å². The van der Waals surface area contributed by atoms with Crippen LogP contribution in [0.5, 0.6) is 0 Å². The first-order valence-electron chi connectivity index (χ1n) is 9.98. The molecule has 0 unspecified atom stereocenters. The molecule has 4 aromatic rings. The van der Waals surface area contributed by atoms with Gasteiger partial charge in [-0.25, -0.2) is 0 Å². The van der Waals surface area contributed by atoms with Gasteiger partial charge in [-0.2, -0.15) is 0 Å². The van der Waals surface area contributed by atoms with Crippen molar-refractivity contribution in [2.45, 2.75) is 27.7 Å². The van der Waals surface area contributed by atoms with Gasteiger partial charge in [0.1, 0.15) is 5.42 Å². The molecule has 0 bridgehead atoms. The number of rotatable bonds is 3. The SMILES string of the molecule is C/C=c1\c(=C/C)oc2c(N(c3ccccc3)c3ccccc3)cc(Br)cc12.CC. The Kier molecular flexibility index (Phi) is 6.95. The van der Waals surface area contributed by atoms with Crippen LogP contribution in [0.4, 0.5) is 17.1 Å². The maximum atomic E-state index is 6.30. The molecule has 1 heterocycles. The summed E-state index contributed by atoms with van der Waals surface area (Å²) in [7, 11) is 0. The largest absolute Gasteiger partial charge is 0.454 e. The van der Waals surface area contributed by atoms with Gasteiger partial charge in [-0.15, -0.1) is 0 Å². The fourth-order valence-corrected chi connectivity index (χ4v) is 3.89. The van der Waals surface area contributed by atoms with E-state index in [9.17, 15) is 0 Å². The second kappa shape index (κ2) is 9.62. The van der Waals surface area contributed by atoms with E-state index in [1.54, 1.807) is 0 Å². The Morgan fingerprint density at radius 3 is 1.83 bits per heavy atom. The summed E-state index contributed by atoms with van der Waals surface area (Å²) in [5.41, 5.74) is 4.96. The van der Waals surface area contributed by atoms with Crippen molar-refractivity contribution in [1.29, 1.82) is 0 Å². The standard InChI is InChI=1S/C24H20BrNO.C2H6/c1-3-20-21-15-17(25)16-22(24(21)27-23(20)4-2)26(18-11-7-5-8-12-18)19-13-9-6-10-14-19;1-2/h3-16H,1-2H3;1-2H3/b20-3-,23-4+;. The summed E-state index contributed by atoms with van der Waals surface area (Å²) < 4.78 is 7.32. The summed E-state index contributed by atoms with van der Waals surface area (Å²) in [6, 6.07) is 25.0. The molecule has 3 heteroatoms. The van der Waals surface area contributed by atoms with Crippen LogP contribution in [0.25, 0.3) is 23.1 Å². The first-order valence-corrected chi connectivity index (χ1v) is 10.8. The lowest BCUT2D eigenvalue weighted by molar-refractivity contribution is 0.575. The number of nitrogens with zero attached hydrogens (tertiary/aromatic N) is 1. The third kappa shape index (κ3) is 4.15. The van der Waals surface area contributed by atoms with Crippen LogP contribution in [0.1, 0.15) is 27.7 Å². The number of fused-ring (bicyclic) bond motifs is 1. The van der Waals surface area contributed by atoms with Gasteiger partial charge in [0.15, 0.2) is 5.58 Å². The molecule has 0 fully saturated rings. The van der Waals surface area contributed by atoms with Crippen LogP contribution < -0.4 is 15.5 Å². The second-order valence-electron chi connectivity index (χ2n) is 6.27. The lowest BCUT2D eigenvalue weighted by atomic mass is 10.1. The minimum atomic E-state index is 0.882. The average molecular weight is 448 g/mol. The zero-order valence-corrected chi connectivity index (χ0v) is 18.9. The summed E-state index contributed by atoms with van der Waals surface area (Å²) in [5, 5.41) is 2.22. The van der Waals surface area contributed by atoms with E-state index in [0.717, 1.165) is 43.1 Å². The first kappa shape index (κ1) is 20.9. The highest BCUT2D eigenvalue weighted by molar-refractivity contribution is 9.10. The fourth-order valence-electron chi connectivity index (χ4n) is 3.44. The summed E-state index contributed by atoms with van der Waals surface area (Å²) in [4.78, 5) is 2.23. The molecule has 0 aliphatic heterocycles. The quantitative estimate of drug-likeness (QED) is 0.327. The molecule has 1 aromatic heterocycles. The third-order valence-electron chi connectivity index (χ3n) is 4.62. The van der Waals surface area contributed by atoms with Gasteiger partial charge in [0.05, 0.1) is 5.69 Å². The molecular weight excluding hydrogens is 422 g/mol. The number of anilines is 3. The molecule has 0 radical (unpaired) electrons. The van der Waals surface area contributed by atoms with Crippen LogP contribution in [0.2, 0.25) is 0 Å². The molecule has 148 valence electrons. The predicted octanol–water partition coefficient (Wildman–Crippen LogP) is 7.29. The maximum Gasteiger partial charge on any atom is 0.159 e. The number of halogens is 1. The summed E-state index contributed by atoms with van der Waals surface area (Å²) in [5.74, 6) is 0. The Morgan fingerprint density at radius 1 is 0.793 bits per heavy atom. The van der Waals surface area contributed by atoms with Gasteiger partial charge in [-0.3, -0.25) is 0 Å². The van der Waals surface area contributed by atoms with Gasteiger partial charge in [0.2, 0.25) is 0 Å². The van der Waals surface area contributed by atoms with E-state index < -0.39 is 0 Å². The summed E-state index contributed by atoms with van der Waals surface area (Å²) in [6.07, 6.45) is 4.12. The molecule has 0 aliphatic carbocycles. The molecule has 0 spiro atoms. The predicted molar refractivity (Wildman–Crippen MR) is 129 cm³/mol. The maximum absolute atomic E-state index is 6.30. The average Bonchev–Trinajstić information content (AvgIpc) is 3.14. The highest BCUT2D eigenvalue weighted by atomic mass is 79.9. The second-order valence-corrected chi connectivity index (χ2v) is 7.18. The number of benzene rings is 3. The lowest BCUT2D eigenvalue weighted by Gasteiger charge is -2.25. The van der Waals surface area contributed by atoms with Gasteiger partial charge in [0.25, 0.3) is 0 Å². The van der Waals surface area contributed by atoms with Gasteiger partial charge in [-0.05, 0) is 56.3 Å². The van der Waals surface area contributed by atoms with Crippen molar-refractivity contribution >= 4 is 56.1 Å². The number of hydrogen-bond donors (Lipinski definition) is 0. The smallest absolute Gasteiger partial charge is 0.159 e. The number of para-hydroxylation sites is 2. The van der Waals surface area contributed by atoms with Gasteiger partial charge in [-0.1, -0.05) is 72.3 Å². The molecule has 3 aromatic carbocycles. The van der Waals surface area contributed by atoms with Crippen LogP contribution in [-0.4, -0.2) is 0 Å². The van der Waals surface area contributed by atoms with Crippen molar-refractivity contribution in [3.63, 3.8) is 0 Å².